The highest BCUT2D eigenvalue weighted by Crippen LogP contribution is 2.00. The van der Waals surface area contributed by atoms with Crippen LogP contribution in [0, 0.1) is 11.3 Å². The highest BCUT2D eigenvalue weighted by Gasteiger charge is 2.05. The number of carbonyl (C=O) groups excluding carboxylic acids is 1. The molecule has 1 rings (SSSR count). The molecule has 4 nitrogen and oxygen atoms in total. The number of ether oxygens (including phenoxy) is 1. The summed E-state index contributed by atoms with van der Waals surface area (Å²) in [5.41, 5.74) is 0.466. The summed E-state index contributed by atoms with van der Waals surface area (Å²) in [4.78, 5) is 11.0. The second kappa shape index (κ2) is 4.31. The molecule has 0 amide bonds. The Labute approximate surface area is 76.3 Å². The molecule has 0 saturated heterocycles. The van der Waals surface area contributed by atoms with E-state index < -0.39 is 0 Å². The van der Waals surface area contributed by atoms with Crippen LogP contribution < -0.4 is 0 Å². The zero-order valence-corrected chi connectivity index (χ0v) is 7.36. The van der Waals surface area contributed by atoms with Crippen molar-refractivity contribution in [2.24, 2.45) is 0 Å². The fourth-order valence-electron chi connectivity index (χ4n) is 0.999. The van der Waals surface area contributed by atoms with Crippen molar-refractivity contribution in [3.63, 3.8) is 0 Å². The summed E-state index contributed by atoms with van der Waals surface area (Å²) in [7, 11) is 0. The van der Waals surface area contributed by atoms with Crippen LogP contribution in [-0.4, -0.2) is 17.1 Å². The molecule has 1 aromatic heterocycles. The third-order valence-electron chi connectivity index (χ3n) is 1.55. The van der Waals surface area contributed by atoms with Crippen LogP contribution in [0.5, 0.6) is 0 Å². The predicted octanol–water partition coefficient (Wildman–Crippen LogP) is 0.923. The van der Waals surface area contributed by atoms with Gasteiger partial charge in [0.25, 0.3) is 0 Å². The Balaban J connectivity index is 2.64. The maximum atomic E-state index is 11.0. The summed E-state index contributed by atoms with van der Waals surface area (Å²) in [6.45, 7) is 2.21. The van der Waals surface area contributed by atoms with Gasteiger partial charge in [0, 0.05) is 6.20 Å². The molecule has 13 heavy (non-hydrogen) atoms. The molecule has 0 aliphatic carbocycles. The minimum absolute atomic E-state index is 0.101. The number of hydrogen-bond acceptors (Lipinski definition) is 3. The quantitative estimate of drug-likeness (QED) is 0.647. The largest absolute Gasteiger partial charge is 0.465 e. The molecule has 0 bridgehead atoms. The van der Waals surface area contributed by atoms with Gasteiger partial charge in [-0.3, -0.25) is 4.79 Å². The van der Waals surface area contributed by atoms with Gasteiger partial charge in [0.15, 0.2) is 0 Å². The van der Waals surface area contributed by atoms with Crippen molar-refractivity contribution in [3.8, 4) is 6.07 Å². The molecule has 0 N–H and O–H groups in total. The number of aromatic nitrogens is 1. The minimum Gasteiger partial charge on any atom is -0.465 e. The Morgan fingerprint density at radius 1 is 1.77 bits per heavy atom. The Morgan fingerprint density at radius 3 is 3.15 bits per heavy atom. The van der Waals surface area contributed by atoms with Gasteiger partial charge in [-0.25, -0.2) is 0 Å². The molecular formula is C9H10N2O2. The van der Waals surface area contributed by atoms with Gasteiger partial charge in [0.1, 0.15) is 18.3 Å². The minimum atomic E-state index is -0.324. The van der Waals surface area contributed by atoms with Crippen LogP contribution in [0.4, 0.5) is 0 Å². The number of rotatable bonds is 3. The Morgan fingerprint density at radius 2 is 2.54 bits per heavy atom. The molecule has 0 saturated carbocycles. The second-order valence-electron chi connectivity index (χ2n) is 2.44. The molecule has 0 aliphatic rings. The zero-order chi connectivity index (χ0) is 9.68. The lowest BCUT2D eigenvalue weighted by atomic mass is 10.4. The normalized spacial score (nSPS) is 9.23. The predicted molar refractivity (Wildman–Crippen MR) is 45.8 cm³/mol. The smallest absolute Gasteiger partial charge is 0.325 e. The third-order valence-corrected chi connectivity index (χ3v) is 1.55. The number of nitriles is 1. The maximum absolute atomic E-state index is 11.0. The van der Waals surface area contributed by atoms with Crippen LogP contribution in [0.3, 0.4) is 0 Å². The van der Waals surface area contributed by atoms with E-state index in [0.29, 0.717) is 12.3 Å². The highest BCUT2D eigenvalue weighted by molar-refractivity contribution is 5.69. The summed E-state index contributed by atoms with van der Waals surface area (Å²) in [6.07, 6.45) is 1.68. The van der Waals surface area contributed by atoms with Gasteiger partial charge < -0.3 is 9.30 Å². The molecule has 0 aromatic carbocycles. The van der Waals surface area contributed by atoms with Crippen LogP contribution in [-0.2, 0) is 16.1 Å². The first-order chi connectivity index (χ1) is 6.27. The number of esters is 1. The van der Waals surface area contributed by atoms with Gasteiger partial charge in [0.05, 0.1) is 6.61 Å². The SMILES string of the molecule is CCOC(=O)Cn1cccc1C#N. The summed E-state index contributed by atoms with van der Waals surface area (Å²) in [6, 6.07) is 5.35. The number of carbonyl (C=O) groups is 1. The monoisotopic (exact) mass is 178 g/mol. The van der Waals surface area contributed by atoms with Crippen molar-refractivity contribution in [2.45, 2.75) is 13.5 Å². The molecule has 68 valence electrons. The van der Waals surface area contributed by atoms with Crippen molar-refractivity contribution >= 4 is 5.97 Å². The third kappa shape index (κ3) is 2.34. The summed E-state index contributed by atoms with van der Waals surface area (Å²) >= 11 is 0. The first kappa shape index (κ1) is 9.33. The average Bonchev–Trinajstić information content (AvgIpc) is 2.52. The highest BCUT2D eigenvalue weighted by atomic mass is 16.5. The van der Waals surface area contributed by atoms with E-state index in [1.165, 1.54) is 0 Å². The van der Waals surface area contributed by atoms with Crippen LogP contribution >= 0.6 is 0 Å². The van der Waals surface area contributed by atoms with E-state index in [1.54, 1.807) is 29.8 Å². The maximum Gasteiger partial charge on any atom is 0.325 e. The number of nitrogens with zero attached hydrogens (tertiary/aromatic N) is 2. The van der Waals surface area contributed by atoms with Gasteiger partial charge in [-0.15, -0.1) is 0 Å². The molecule has 4 heteroatoms. The van der Waals surface area contributed by atoms with Crippen LogP contribution in [0.1, 0.15) is 12.6 Å². The topological polar surface area (TPSA) is 55.0 Å². The van der Waals surface area contributed by atoms with Crippen LogP contribution in [0.2, 0.25) is 0 Å². The molecule has 0 radical (unpaired) electrons. The van der Waals surface area contributed by atoms with E-state index >= 15 is 0 Å². The van der Waals surface area contributed by atoms with Crippen LogP contribution in [0.25, 0.3) is 0 Å². The first-order valence-corrected chi connectivity index (χ1v) is 3.98. The van der Waals surface area contributed by atoms with Crippen LogP contribution in [0.15, 0.2) is 18.3 Å². The molecule has 0 aliphatic heterocycles. The molecule has 1 aromatic rings. The lowest BCUT2D eigenvalue weighted by Gasteiger charge is -2.03. The van der Waals surface area contributed by atoms with Gasteiger partial charge in [-0.05, 0) is 19.1 Å². The van der Waals surface area contributed by atoms with Gasteiger partial charge in [-0.2, -0.15) is 5.26 Å². The molecule has 1 heterocycles. The second-order valence-corrected chi connectivity index (χ2v) is 2.44. The number of hydrogen-bond donors (Lipinski definition) is 0. The van der Waals surface area contributed by atoms with Gasteiger partial charge in [0.2, 0.25) is 0 Å². The van der Waals surface area contributed by atoms with Gasteiger partial charge in [-0.1, -0.05) is 0 Å². The molecule has 0 atom stereocenters. The zero-order valence-electron chi connectivity index (χ0n) is 7.36. The van der Waals surface area contributed by atoms with Crippen molar-refractivity contribution in [1.82, 2.24) is 4.57 Å². The Bertz CT molecular complexity index is 336. The Kier molecular flexibility index (Phi) is 3.09. The average molecular weight is 178 g/mol. The van der Waals surface area contributed by atoms with Crippen molar-refractivity contribution in [2.75, 3.05) is 6.61 Å². The fraction of sp³-hybridized carbons (Fsp3) is 0.333. The Hall–Kier alpha value is -1.76. The van der Waals surface area contributed by atoms with Gasteiger partial charge >= 0.3 is 5.97 Å². The molecule has 0 unspecified atom stereocenters. The van der Waals surface area contributed by atoms with Crippen molar-refractivity contribution in [1.29, 1.82) is 5.26 Å². The molecule has 0 fully saturated rings. The van der Waals surface area contributed by atoms with E-state index in [1.807, 2.05) is 6.07 Å². The standard InChI is InChI=1S/C9H10N2O2/c1-2-13-9(12)7-11-5-3-4-8(11)6-10/h3-5H,2,7H2,1H3. The summed E-state index contributed by atoms with van der Waals surface area (Å²) in [5, 5.41) is 8.63. The molecule has 0 spiro atoms. The molecular weight excluding hydrogens is 168 g/mol. The summed E-state index contributed by atoms with van der Waals surface area (Å²) in [5.74, 6) is -0.324. The van der Waals surface area contributed by atoms with E-state index in [4.69, 9.17) is 10.00 Å². The summed E-state index contributed by atoms with van der Waals surface area (Å²) < 4.78 is 6.30. The lowest BCUT2D eigenvalue weighted by molar-refractivity contribution is -0.143. The van der Waals surface area contributed by atoms with Crippen molar-refractivity contribution < 1.29 is 9.53 Å². The van der Waals surface area contributed by atoms with E-state index in [2.05, 4.69) is 0 Å². The lowest BCUT2D eigenvalue weighted by Crippen LogP contribution is -2.13. The van der Waals surface area contributed by atoms with E-state index in [-0.39, 0.29) is 12.5 Å². The van der Waals surface area contributed by atoms with E-state index in [9.17, 15) is 4.79 Å². The van der Waals surface area contributed by atoms with E-state index in [0.717, 1.165) is 0 Å². The van der Waals surface area contributed by atoms with Crippen molar-refractivity contribution in [3.05, 3.63) is 24.0 Å². The fourth-order valence-corrected chi connectivity index (χ4v) is 0.999. The first-order valence-electron chi connectivity index (χ1n) is 3.98.